The van der Waals surface area contributed by atoms with Gasteiger partial charge in [0.2, 0.25) is 5.91 Å². The van der Waals surface area contributed by atoms with Crippen molar-refractivity contribution >= 4 is 11.9 Å². The minimum atomic E-state index is -1.23. The van der Waals surface area contributed by atoms with Crippen LogP contribution >= 0.6 is 0 Å². The highest BCUT2D eigenvalue weighted by Crippen LogP contribution is 2.10. The van der Waals surface area contributed by atoms with E-state index in [1.165, 1.54) is 18.2 Å². The lowest BCUT2D eigenvalue weighted by molar-refractivity contribution is -0.142. The van der Waals surface area contributed by atoms with E-state index in [1.807, 2.05) is 0 Å². The number of carbonyl (C=O) groups is 2. The Kier molecular flexibility index (Phi) is 7.48. The predicted octanol–water partition coefficient (Wildman–Crippen LogP) is 0.394. The van der Waals surface area contributed by atoms with Crippen LogP contribution in [-0.2, 0) is 16.0 Å². The number of benzene rings is 1. The Balaban J connectivity index is 2.62. The van der Waals surface area contributed by atoms with E-state index in [2.05, 4.69) is 5.32 Å². The van der Waals surface area contributed by atoms with Crippen molar-refractivity contribution in [3.8, 4) is 0 Å². The van der Waals surface area contributed by atoms with Gasteiger partial charge in [-0.15, -0.1) is 0 Å². The monoisotopic (exact) mass is 311 g/mol. The van der Waals surface area contributed by atoms with Gasteiger partial charge in [-0.05, 0) is 31.0 Å². The molecule has 0 radical (unpaired) electrons. The van der Waals surface area contributed by atoms with Crippen LogP contribution in [-0.4, -0.2) is 35.6 Å². The Morgan fingerprint density at radius 2 is 1.95 bits per heavy atom. The number of unbranched alkanes of at least 4 members (excludes halogenated alkanes) is 1. The van der Waals surface area contributed by atoms with Crippen LogP contribution in [0.5, 0.6) is 0 Å². The first-order chi connectivity index (χ1) is 10.5. The van der Waals surface area contributed by atoms with Crippen molar-refractivity contribution in [1.82, 2.24) is 5.32 Å². The van der Waals surface area contributed by atoms with Crippen LogP contribution in [0.25, 0.3) is 0 Å². The topological polar surface area (TPSA) is 118 Å². The number of aliphatic carboxylic acids is 1. The molecule has 6 N–H and O–H groups in total. The zero-order valence-corrected chi connectivity index (χ0v) is 12.3. The second-order valence-corrected chi connectivity index (χ2v) is 5.09. The zero-order valence-electron chi connectivity index (χ0n) is 12.3. The molecule has 0 aliphatic rings. The standard InChI is InChI=1S/C15H22FN3O3/c16-11-6-2-1-5-10(11)9-13(15(21)22)19-14(20)12(18)7-3-4-8-17/h1-2,5-6,12-13H,3-4,7-9,17-18H2,(H,19,20)(H,21,22)/t12-,13?/m0/s1. The maximum absolute atomic E-state index is 13.6. The SMILES string of the molecule is NCCCC[C@H](N)C(=O)NC(Cc1ccccc1F)C(=O)O. The Hall–Kier alpha value is -1.99. The van der Waals surface area contributed by atoms with Gasteiger partial charge in [0, 0.05) is 6.42 Å². The van der Waals surface area contributed by atoms with Gasteiger partial charge >= 0.3 is 5.97 Å². The van der Waals surface area contributed by atoms with Gasteiger partial charge in [-0.25, -0.2) is 9.18 Å². The molecule has 0 fully saturated rings. The Morgan fingerprint density at radius 1 is 1.27 bits per heavy atom. The fourth-order valence-corrected chi connectivity index (χ4v) is 2.00. The molecule has 1 rings (SSSR count). The molecule has 0 saturated carbocycles. The normalized spacial score (nSPS) is 13.4. The van der Waals surface area contributed by atoms with Gasteiger partial charge < -0.3 is 21.9 Å². The summed E-state index contributed by atoms with van der Waals surface area (Å²) < 4.78 is 13.6. The van der Waals surface area contributed by atoms with Crippen LogP contribution in [0.4, 0.5) is 4.39 Å². The molecular formula is C15H22FN3O3. The van der Waals surface area contributed by atoms with Crippen molar-refractivity contribution in [3.05, 3.63) is 35.6 Å². The molecule has 0 heterocycles. The lowest BCUT2D eigenvalue weighted by atomic mass is 10.0. The van der Waals surface area contributed by atoms with Gasteiger partial charge in [-0.3, -0.25) is 4.79 Å². The van der Waals surface area contributed by atoms with Crippen LogP contribution in [0.3, 0.4) is 0 Å². The highest BCUT2D eigenvalue weighted by molar-refractivity contribution is 5.86. The molecule has 0 saturated heterocycles. The number of hydrogen-bond acceptors (Lipinski definition) is 4. The van der Waals surface area contributed by atoms with Gasteiger partial charge in [-0.2, -0.15) is 0 Å². The Morgan fingerprint density at radius 3 is 2.55 bits per heavy atom. The van der Waals surface area contributed by atoms with Crippen molar-refractivity contribution < 1.29 is 19.1 Å². The summed E-state index contributed by atoms with van der Waals surface area (Å²) >= 11 is 0. The number of carbonyl (C=O) groups excluding carboxylic acids is 1. The molecule has 2 atom stereocenters. The van der Waals surface area contributed by atoms with E-state index >= 15 is 0 Å². The second-order valence-electron chi connectivity index (χ2n) is 5.09. The largest absolute Gasteiger partial charge is 0.480 e. The van der Waals surface area contributed by atoms with E-state index < -0.39 is 29.8 Å². The summed E-state index contributed by atoms with van der Waals surface area (Å²) in [6, 6.07) is 3.84. The first kappa shape index (κ1) is 18.1. The highest BCUT2D eigenvalue weighted by atomic mass is 19.1. The average Bonchev–Trinajstić information content (AvgIpc) is 2.48. The number of halogens is 1. The summed E-state index contributed by atoms with van der Waals surface area (Å²) in [6.45, 7) is 0.513. The molecule has 0 aliphatic heterocycles. The number of rotatable bonds is 9. The molecule has 22 heavy (non-hydrogen) atoms. The molecule has 0 aromatic heterocycles. The molecule has 1 unspecified atom stereocenters. The van der Waals surface area contributed by atoms with Crippen LogP contribution in [0.2, 0.25) is 0 Å². The summed E-state index contributed by atoms with van der Waals surface area (Å²) in [5, 5.41) is 11.5. The molecule has 1 amide bonds. The molecule has 7 heteroatoms. The second kappa shape index (κ2) is 9.11. The number of carboxylic acids is 1. The third-order valence-electron chi connectivity index (χ3n) is 3.30. The number of nitrogens with two attached hydrogens (primary N) is 2. The van der Waals surface area contributed by atoms with E-state index in [4.69, 9.17) is 11.5 Å². The van der Waals surface area contributed by atoms with Crippen LogP contribution in [0.1, 0.15) is 24.8 Å². The van der Waals surface area contributed by atoms with Gasteiger partial charge in [-0.1, -0.05) is 24.6 Å². The summed E-state index contributed by atoms with van der Waals surface area (Å²) in [4.78, 5) is 23.1. The van der Waals surface area contributed by atoms with Gasteiger partial charge in [0.15, 0.2) is 0 Å². The van der Waals surface area contributed by atoms with Crippen LogP contribution < -0.4 is 16.8 Å². The number of hydrogen-bond donors (Lipinski definition) is 4. The Labute approximate surface area is 128 Å². The first-order valence-electron chi connectivity index (χ1n) is 7.18. The molecule has 122 valence electrons. The van der Waals surface area contributed by atoms with Crippen molar-refractivity contribution in [2.75, 3.05) is 6.54 Å². The fraction of sp³-hybridized carbons (Fsp3) is 0.467. The molecule has 0 spiro atoms. The highest BCUT2D eigenvalue weighted by Gasteiger charge is 2.24. The van der Waals surface area contributed by atoms with E-state index in [-0.39, 0.29) is 12.0 Å². The van der Waals surface area contributed by atoms with Crippen molar-refractivity contribution in [3.63, 3.8) is 0 Å². The number of amides is 1. The minimum Gasteiger partial charge on any atom is -0.480 e. The van der Waals surface area contributed by atoms with Gasteiger partial charge in [0.05, 0.1) is 6.04 Å². The van der Waals surface area contributed by atoms with E-state index in [0.29, 0.717) is 19.4 Å². The zero-order chi connectivity index (χ0) is 16.5. The molecule has 0 bridgehead atoms. The first-order valence-corrected chi connectivity index (χ1v) is 7.18. The summed E-state index contributed by atoms with van der Waals surface area (Å²) in [7, 11) is 0. The quantitative estimate of drug-likeness (QED) is 0.492. The maximum atomic E-state index is 13.6. The minimum absolute atomic E-state index is 0.136. The summed E-state index contributed by atoms with van der Waals surface area (Å²) in [5.74, 6) is -2.29. The fourth-order valence-electron chi connectivity index (χ4n) is 2.00. The Bertz CT molecular complexity index is 511. The molecular weight excluding hydrogens is 289 g/mol. The lowest BCUT2D eigenvalue weighted by Gasteiger charge is -2.18. The summed E-state index contributed by atoms with van der Waals surface area (Å²) in [5.41, 5.74) is 11.3. The van der Waals surface area contributed by atoms with Gasteiger partial charge in [0.1, 0.15) is 11.9 Å². The van der Waals surface area contributed by atoms with Crippen molar-refractivity contribution in [2.24, 2.45) is 11.5 Å². The number of carboxylic acid groups (broad SMARTS) is 1. The predicted molar refractivity (Wildman–Crippen MR) is 80.6 cm³/mol. The van der Waals surface area contributed by atoms with E-state index in [0.717, 1.165) is 6.42 Å². The van der Waals surface area contributed by atoms with Crippen molar-refractivity contribution in [2.45, 2.75) is 37.8 Å². The molecule has 1 aromatic carbocycles. The summed E-state index contributed by atoms with van der Waals surface area (Å²) in [6.07, 6.45) is 1.73. The molecule has 1 aromatic rings. The number of nitrogens with one attached hydrogen (secondary N) is 1. The van der Waals surface area contributed by atoms with Crippen LogP contribution in [0.15, 0.2) is 24.3 Å². The molecule has 6 nitrogen and oxygen atoms in total. The van der Waals surface area contributed by atoms with E-state index in [9.17, 15) is 19.1 Å². The third kappa shape index (κ3) is 5.79. The van der Waals surface area contributed by atoms with Gasteiger partial charge in [0.25, 0.3) is 0 Å². The lowest BCUT2D eigenvalue weighted by Crippen LogP contribution is -2.49. The molecule has 0 aliphatic carbocycles. The smallest absolute Gasteiger partial charge is 0.326 e. The van der Waals surface area contributed by atoms with E-state index in [1.54, 1.807) is 6.07 Å². The average molecular weight is 311 g/mol. The van der Waals surface area contributed by atoms with Crippen molar-refractivity contribution in [1.29, 1.82) is 0 Å². The third-order valence-corrected chi connectivity index (χ3v) is 3.30. The maximum Gasteiger partial charge on any atom is 0.326 e. The van der Waals surface area contributed by atoms with Crippen LogP contribution in [0, 0.1) is 5.82 Å².